The summed E-state index contributed by atoms with van der Waals surface area (Å²) in [6.45, 7) is 1.69. The van der Waals surface area contributed by atoms with Crippen molar-refractivity contribution in [1.82, 2.24) is 19.7 Å². The molecule has 0 aliphatic carbocycles. The molecular weight excluding hydrogens is 432 g/mol. The van der Waals surface area contributed by atoms with Crippen molar-refractivity contribution in [2.24, 2.45) is 0 Å². The van der Waals surface area contributed by atoms with E-state index in [-0.39, 0.29) is 17.2 Å². The van der Waals surface area contributed by atoms with Crippen LogP contribution in [0.2, 0.25) is 0 Å². The van der Waals surface area contributed by atoms with Gasteiger partial charge in [0.2, 0.25) is 11.9 Å². The van der Waals surface area contributed by atoms with Gasteiger partial charge in [-0.3, -0.25) is 24.7 Å². The maximum atomic E-state index is 12.5. The number of anilines is 1. The number of nitrogens with zero attached hydrogens (tertiary/aromatic N) is 4. The number of aromatic amines is 1. The van der Waals surface area contributed by atoms with Gasteiger partial charge in [-0.2, -0.15) is 9.78 Å². The number of amides is 1. The predicted molar refractivity (Wildman–Crippen MR) is 121 cm³/mol. The molecule has 0 aliphatic heterocycles. The van der Waals surface area contributed by atoms with Gasteiger partial charge in [0.05, 0.1) is 9.80 Å². The van der Waals surface area contributed by atoms with Gasteiger partial charge in [0, 0.05) is 36.0 Å². The lowest BCUT2D eigenvalue weighted by Gasteiger charge is -2.06. The molecule has 0 atom stereocenters. The minimum atomic E-state index is -0.490. The summed E-state index contributed by atoms with van der Waals surface area (Å²) in [6, 6.07) is 12.6. The van der Waals surface area contributed by atoms with Gasteiger partial charge in [-0.25, -0.2) is 4.98 Å². The highest BCUT2D eigenvalue weighted by molar-refractivity contribution is 7.13. The number of rotatable bonds is 6. The van der Waals surface area contributed by atoms with Crippen LogP contribution in [0.1, 0.15) is 11.3 Å². The fraction of sp³-hybridized carbons (Fsp3) is 0.0476. The van der Waals surface area contributed by atoms with Gasteiger partial charge in [0.1, 0.15) is 11.5 Å². The lowest BCUT2D eigenvalue weighted by molar-refractivity contribution is -0.384. The molecule has 3 heterocycles. The number of H-pyrrole nitrogens is 1. The Morgan fingerprint density at radius 2 is 2.03 bits per heavy atom. The lowest BCUT2D eigenvalue weighted by atomic mass is 10.2. The molecule has 0 aliphatic rings. The van der Waals surface area contributed by atoms with Gasteiger partial charge < -0.3 is 5.32 Å². The number of non-ortho nitro benzene ring substituents is 1. The molecule has 1 aromatic carbocycles. The number of thiophene rings is 1. The number of aromatic nitrogens is 4. The topological polar surface area (TPSA) is 136 Å². The van der Waals surface area contributed by atoms with Crippen LogP contribution < -0.4 is 10.9 Å². The number of aryl methyl sites for hydroxylation is 1. The van der Waals surface area contributed by atoms with Crippen LogP contribution in [0.4, 0.5) is 11.5 Å². The van der Waals surface area contributed by atoms with E-state index >= 15 is 0 Å². The number of nitrogens with one attached hydrogen (secondary N) is 2. The monoisotopic (exact) mass is 448 g/mol. The molecule has 160 valence electrons. The van der Waals surface area contributed by atoms with Gasteiger partial charge in [-0.1, -0.05) is 6.07 Å². The van der Waals surface area contributed by atoms with Crippen molar-refractivity contribution in [2.75, 3.05) is 5.32 Å². The Bertz CT molecular complexity index is 1370. The van der Waals surface area contributed by atoms with Crippen molar-refractivity contribution in [3.8, 4) is 16.5 Å². The predicted octanol–water partition coefficient (Wildman–Crippen LogP) is 3.55. The van der Waals surface area contributed by atoms with Gasteiger partial charge in [0.25, 0.3) is 11.2 Å². The zero-order valence-electron chi connectivity index (χ0n) is 16.7. The average Bonchev–Trinajstić information content (AvgIpc) is 3.42. The van der Waals surface area contributed by atoms with E-state index in [0.29, 0.717) is 22.8 Å². The van der Waals surface area contributed by atoms with E-state index in [1.807, 2.05) is 17.5 Å². The second-order valence-corrected chi connectivity index (χ2v) is 7.63. The van der Waals surface area contributed by atoms with E-state index in [0.717, 1.165) is 4.88 Å². The van der Waals surface area contributed by atoms with Crippen molar-refractivity contribution < 1.29 is 9.72 Å². The number of nitro benzene ring substituents is 1. The fourth-order valence-electron chi connectivity index (χ4n) is 2.89. The minimum Gasteiger partial charge on any atom is -0.307 e. The molecule has 4 aromatic rings. The quantitative estimate of drug-likeness (QED) is 0.263. The molecule has 1 amide bonds. The number of benzene rings is 1. The highest BCUT2D eigenvalue weighted by Gasteiger charge is 2.15. The summed E-state index contributed by atoms with van der Waals surface area (Å²) >= 11 is 1.49. The van der Waals surface area contributed by atoms with Crippen molar-refractivity contribution >= 4 is 34.8 Å². The first-order chi connectivity index (χ1) is 15.4. The fourth-order valence-corrected chi connectivity index (χ4v) is 3.57. The number of hydrogen-bond donors (Lipinski definition) is 2. The largest absolute Gasteiger partial charge is 0.307 e. The van der Waals surface area contributed by atoms with Crippen molar-refractivity contribution in [3.63, 3.8) is 0 Å². The van der Waals surface area contributed by atoms with E-state index in [4.69, 9.17) is 0 Å². The molecule has 32 heavy (non-hydrogen) atoms. The Labute approximate surface area is 185 Å². The molecule has 2 N–H and O–H groups in total. The molecule has 4 rings (SSSR count). The first-order valence-electron chi connectivity index (χ1n) is 9.35. The van der Waals surface area contributed by atoms with Crippen LogP contribution in [0.15, 0.2) is 64.8 Å². The standard InChI is InChI=1S/C21H16N6O4S/c1-13-11-20(29)24-21(22-13)26-18(12-16(25-26)17-3-2-10-32-17)23-19(28)9-6-14-4-7-15(8-5-14)27(30)31/h2-12H,1H3,(H,23,28)(H,22,24,29)/b9-6-. The molecular formula is C21H16N6O4S. The third-order valence-electron chi connectivity index (χ3n) is 4.32. The van der Waals surface area contributed by atoms with Gasteiger partial charge in [0.15, 0.2) is 0 Å². The number of hydrogen-bond acceptors (Lipinski definition) is 7. The first-order valence-corrected chi connectivity index (χ1v) is 10.2. The maximum absolute atomic E-state index is 12.5. The highest BCUT2D eigenvalue weighted by atomic mass is 32.1. The summed E-state index contributed by atoms with van der Waals surface area (Å²) < 4.78 is 1.36. The van der Waals surface area contributed by atoms with E-state index in [2.05, 4.69) is 20.4 Å². The Hall–Kier alpha value is -4.38. The summed E-state index contributed by atoms with van der Waals surface area (Å²) in [5, 5.41) is 19.9. The summed E-state index contributed by atoms with van der Waals surface area (Å²) in [7, 11) is 0. The SMILES string of the molecule is Cc1cc(=O)[nH]c(-n2nc(-c3cccs3)cc2NC(=O)/C=C\c2ccc([N+](=O)[O-])cc2)n1. The first kappa shape index (κ1) is 20.9. The molecule has 0 spiro atoms. The Balaban J connectivity index is 1.62. The number of nitro groups is 1. The maximum Gasteiger partial charge on any atom is 0.269 e. The van der Waals surface area contributed by atoms with Gasteiger partial charge >= 0.3 is 0 Å². The van der Waals surface area contributed by atoms with Crippen LogP contribution in [-0.4, -0.2) is 30.6 Å². The Kier molecular flexibility index (Phi) is 5.73. The third-order valence-corrected chi connectivity index (χ3v) is 5.22. The normalized spacial score (nSPS) is 11.0. The lowest BCUT2D eigenvalue weighted by Crippen LogP contribution is -2.17. The molecule has 11 heteroatoms. The van der Waals surface area contributed by atoms with Crippen LogP contribution in [0.5, 0.6) is 0 Å². The van der Waals surface area contributed by atoms with E-state index < -0.39 is 10.8 Å². The van der Waals surface area contributed by atoms with Gasteiger partial charge in [-0.05, 0) is 42.1 Å². The van der Waals surface area contributed by atoms with E-state index in [9.17, 15) is 19.7 Å². The molecule has 0 fully saturated rings. The van der Waals surface area contributed by atoms with Crippen LogP contribution in [0.25, 0.3) is 22.6 Å². The number of carbonyl (C=O) groups is 1. The zero-order chi connectivity index (χ0) is 22.7. The van der Waals surface area contributed by atoms with Crippen molar-refractivity contribution in [2.45, 2.75) is 6.92 Å². The molecule has 0 saturated carbocycles. The van der Waals surface area contributed by atoms with E-state index in [1.165, 1.54) is 46.4 Å². The van der Waals surface area contributed by atoms with Crippen LogP contribution in [-0.2, 0) is 4.79 Å². The molecule has 3 aromatic heterocycles. The van der Waals surface area contributed by atoms with Crippen molar-refractivity contribution in [3.05, 3.63) is 91.7 Å². The smallest absolute Gasteiger partial charge is 0.269 e. The highest BCUT2D eigenvalue weighted by Crippen LogP contribution is 2.27. The second-order valence-electron chi connectivity index (χ2n) is 6.69. The molecule has 0 radical (unpaired) electrons. The minimum absolute atomic E-state index is 0.0312. The molecule has 10 nitrogen and oxygen atoms in total. The Morgan fingerprint density at radius 3 is 2.69 bits per heavy atom. The summed E-state index contributed by atoms with van der Waals surface area (Å²) in [4.78, 5) is 42.5. The number of carbonyl (C=O) groups excluding carboxylic acids is 1. The summed E-state index contributed by atoms with van der Waals surface area (Å²) in [5.41, 5.74) is 1.38. The van der Waals surface area contributed by atoms with Crippen LogP contribution >= 0.6 is 11.3 Å². The van der Waals surface area contributed by atoms with Crippen molar-refractivity contribution in [1.29, 1.82) is 0 Å². The zero-order valence-corrected chi connectivity index (χ0v) is 17.5. The average molecular weight is 448 g/mol. The third kappa shape index (κ3) is 4.68. The van der Waals surface area contributed by atoms with E-state index in [1.54, 1.807) is 25.1 Å². The Morgan fingerprint density at radius 1 is 1.25 bits per heavy atom. The molecule has 0 saturated heterocycles. The molecule has 0 bridgehead atoms. The summed E-state index contributed by atoms with van der Waals surface area (Å²) in [5.74, 6) is 0.0465. The van der Waals surface area contributed by atoms with Crippen LogP contribution in [0.3, 0.4) is 0 Å². The molecule has 0 unspecified atom stereocenters. The second kappa shape index (κ2) is 8.78. The van der Waals surface area contributed by atoms with Gasteiger partial charge in [-0.15, -0.1) is 11.3 Å². The summed E-state index contributed by atoms with van der Waals surface area (Å²) in [6.07, 6.45) is 2.84. The van der Waals surface area contributed by atoms with Crippen LogP contribution in [0, 0.1) is 17.0 Å².